The molecule has 2 radical (unpaired) electrons. The summed E-state index contributed by atoms with van der Waals surface area (Å²) < 4.78 is 31.6. The molecular formula is H2CoO4SV. The summed E-state index contributed by atoms with van der Waals surface area (Å²) in [5.41, 5.74) is 0. The van der Waals surface area contributed by atoms with Crippen molar-refractivity contribution in [2.24, 2.45) is 0 Å². The summed E-state index contributed by atoms with van der Waals surface area (Å²) in [6.07, 6.45) is 0. The Kier molecular flexibility index (Phi) is 11.4. The maximum absolute atomic E-state index is 8.74. The van der Waals surface area contributed by atoms with Gasteiger partial charge in [-0.25, -0.2) is 0 Å². The zero-order chi connectivity index (χ0) is 4.50. The van der Waals surface area contributed by atoms with E-state index in [1.165, 1.54) is 0 Å². The van der Waals surface area contributed by atoms with Crippen molar-refractivity contribution in [3.8, 4) is 0 Å². The molecule has 7 heavy (non-hydrogen) atoms. The van der Waals surface area contributed by atoms with Crippen LogP contribution >= 0.6 is 0 Å². The van der Waals surface area contributed by atoms with Crippen molar-refractivity contribution in [3.05, 3.63) is 0 Å². The molecule has 7 heteroatoms. The molecule has 0 atom stereocenters. The Balaban J connectivity index is -0.0000000800. The molecule has 0 saturated carbocycles. The van der Waals surface area contributed by atoms with Gasteiger partial charge >= 0.3 is 10.4 Å². The molecule has 0 fully saturated rings. The first-order valence-corrected chi connectivity index (χ1v) is 2.10. The summed E-state index contributed by atoms with van der Waals surface area (Å²) in [4.78, 5) is 0. The van der Waals surface area contributed by atoms with E-state index in [4.69, 9.17) is 17.5 Å². The number of hydrogen-bond acceptors (Lipinski definition) is 2. The van der Waals surface area contributed by atoms with Crippen molar-refractivity contribution < 1.29 is 52.9 Å². The van der Waals surface area contributed by atoms with Gasteiger partial charge in [0.15, 0.2) is 0 Å². The second kappa shape index (κ2) is 5.10. The molecule has 0 aliphatic heterocycles. The fraction of sp³-hybridized carbons (Fsp3) is 0. The Labute approximate surface area is 63.3 Å². The van der Waals surface area contributed by atoms with E-state index in [1.807, 2.05) is 0 Å². The quantitative estimate of drug-likeness (QED) is 0.518. The SMILES string of the molecule is O=S(=O)(O)O.[Co].[V]. The van der Waals surface area contributed by atoms with Gasteiger partial charge in [0, 0.05) is 35.3 Å². The minimum Gasteiger partial charge on any atom is -0.264 e. The predicted molar refractivity (Wildman–Crippen MR) is 14.2 cm³/mol. The van der Waals surface area contributed by atoms with Crippen molar-refractivity contribution in [1.29, 1.82) is 0 Å². The molecule has 0 aromatic heterocycles. The molecule has 0 rings (SSSR count). The predicted octanol–water partition coefficient (Wildman–Crippen LogP) is -0.658. The molecule has 0 aliphatic carbocycles. The summed E-state index contributed by atoms with van der Waals surface area (Å²) in [6, 6.07) is 0. The molecule has 46 valence electrons. The summed E-state index contributed by atoms with van der Waals surface area (Å²) in [5.74, 6) is 0. The zero-order valence-electron chi connectivity index (χ0n) is 2.90. The smallest absolute Gasteiger partial charge is 0.264 e. The van der Waals surface area contributed by atoms with Gasteiger partial charge in [0.05, 0.1) is 0 Å². The van der Waals surface area contributed by atoms with Crippen LogP contribution in [-0.4, -0.2) is 17.5 Å². The van der Waals surface area contributed by atoms with E-state index in [-0.39, 0.29) is 35.3 Å². The third-order valence-corrected chi connectivity index (χ3v) is 0. The number of rotatable bonds is 0. The molecule has 0 saturated heterocycles. The van der Waals surface area contributed by atoms with E-state index in [9.17, 15) is 0 Å². The summed E-state index contributed by atoms with van der Waals surface area (Å²) in [5, 5.41) is 0. The Bertz CT molecular complexity index is 94.9. The van der Waals surface area contributed by atoms with Crippen LogP contribution in [0, 0.1) is 0 Å². The standard InChI is InChI=1S/Co.H2O4S.V/c;1-5(2,3)4;/h;(H2,1,2,3,4);. The molecule has 0 unspecified atom stereocenters. The first-order valence-electron chi connectivity index (χ1n) is 0.698. The second-order valence-electron chi connectivity index (χ2n) is 0.448. The van der Waals surface area contributed by atoms with Gasteiger partial charge in [-0.15, -0.1) is 0 Å². The summed E-state index contributed by atoms with van der Waals surface area (Å²) in [6.45, 7) is 0. The van der Waals surface area contributed by atoms with Crippen molar-refractivity contribution in [2.45, 2.75) is 0 Å². The monoisotopic (exact) mass is 208 g/mol. The third kappa shape index (κ3) is 186. The second-order valence-corrected chi connectivity index (χ2v) is 1.34. The van der Waals surface area contributed by atoms with Crippen molar-refractivity contribution in [2.75, 3.05) is 0 Å². The molecular weight excluding hydrogens is 206 g/mol. The molecule has 0 aromatic rings. The average Bonchev–Trinajstić information content (AvgIpc) is 0.722. The molecule has 0 aliphatic rings. The van der Waals surface area contributed by atoms with Crippen LogP contribution in [0.1, 0.15) is 0 Å². The van der Waals surface area contributed by atoms with Crippen LogP contribution in [0.4, 0.5) is 0 Å². The van der Waals surface area contributed by atoms with Crippen LogP contribution < -0.4 is 0 Å². The van der Waals surface area contributed by atoms with Crippen LogP contribution in [0.3, 0.4) is 0 Å². The zero-order valence-corrected chi connectivity index (χ0v) is 6.15. The van der Waals surface area contributed by atoms with Gasteiger partial charge in [0.2, 0.25) is 0 Å². The molecule has 0 amide bonds. The van der Waals surface area contributed by atoms with Crippen LogP contribution in [0.2, 0.25) is 0 Å². The van der Waals surface area contributed by atoms with Crippen molar-refractivity contribution >= 4 is 10.4 Å². The van der Waals surface area contributed by atoms with Crippen LogP contribution in [0.5, 0.6) is 0 Å². The first kappa shape index (κ1) is 15.7. The Morgan fingerprint density at radius 2 is 1.14 bits per heavy atom. The minimum atomic E-state index is -4.67. The molecule has 0 heterocycles. The van der Waals surface area contributed by atoms with E-state index in [0.29, 0.717) is 0 Å². The van der Waals surface area contributed by atoms with E-state index in [2.05, 4.69) is 0 Å². The molecule has 0 aromatic carbocycles. The van der Waals surface area contributed by atoms with Gasteiger partial charge in [-0.3, -0.25) is 9.11 Å². The van der Waals surface area contributed by atoms with E-state index in [0.717, 1.165) is 0 Å². The Hall–Kier alpha value is 0.961. The summed E-state index contributed by atoms with van der Waals surface area (Å²) >= 11 is 0. The van der Waals surface area contributed by atoms with Crippen molar-refractivity contribution in [3.63, 3.8) is 0 Å². The van der Waals surface area contributed by atoms with Crippen LogP contribution in [0.25, 0.3) is 0 Å². The molecule has 0 bridgehead atoms. The topological polar surface area (TPSA) is 74.6 Å². The fourth-order valence-electron chi connectivity index (χ4n) is 0. The largest absolute Gasteiger partial charge is 0.394 e. The fourth-order valence-corrected chi connectivity index (χ4v) is 0. The summed E-state index contributed by atoms with van der Waals surface area (Å²) in [7, 11) is -4.67. The van der Waals surface area contributed by atoms with Crippen molar-refractivity contribution in [1.82, 2.24) is 0 Å². The van der Waals surface area contributed by atoms with Gasteiger partial charge in [-0.05, 0) is 0 Å². The third-order valence-electron chi connectivity index (χ3n) is 0. The normalized spacial score (nSPS) is 8.29. The van der Waals surface area contributed by atoms with E-state index < -0.39 is 10.4 Å². The van der Waals surface area contributed by atoms with Gasteiger partial charge < -0.3 is 0 Å². The van der Waals surface area contributed by atoms with Gasteiger partial charge in [-0.2, -0.15) is 8.42 Å². The first-order chi connectivity index (χ1) is 2.00. The van der Waals surface area contributed by atoms with Crippen LogP contribution in [0.15, 0.2) is 0 Å². The molecule has 2 N–H and O–H groups in total. The Morgan fingerprint density at radius 1 is 1.14 bits per heavy atom. The number of hydrogen-bond donors (Lipinski definition) is 2. The maximum Gasteiger partial charge on any atom is 0.394 e. The Morgan fingerprint density at radius 3 is 1.14 bits per heavy atom. The van der Waals surface area contributed by atoms with Gasteiger partial charge in [-0.1, -0.05) is 0 Å². The minimum absolute atomic E-state index is 0. The maximum atomic E-state index is 8.74. The van der Waals surface area contributed by atoms with Gasteiger partial charge in [0.1, 0.15) is 0 Å². The van der Waals surface area contributed by atoms with E-state index >= 15 is 0 Å². The van der Waals surface area contributed by atoms with Crippen LogP contribution in [-0.2, 0) is 45.7 Å². The average molecular weight is 208 g/mol. The molecule has 4 nitrogen and oxygen atoms in total. The van der Waals surface area contributed by atoms with Gasteiger partial charge in [0.25, 0.3) is 0 Å². The molecule has 0 spiro atoms. The van der Waals surface area contributed by atoms with E-state index in [1.54, 1.807) is 0 Å².